The molecular formula is C35H42FN3O2. The van der Waals surface area contributed by atoms with Crippen molar-refractivity contribution in [1.82, 2.24) is 10.2 Å². The van der Waals surface area contributed by atoms with Gasteiger partial charge in [-0.2, -0.15) is 0 Å². The van der Waals surface area contributed by atoms with Gasteiger partial charge in [-0.25, -0.2) is 4.39 Å². The van der Waals surface area contributed by atoms with Crippen molar-refractivity contribution in [2.24, 2.45) is 5.92 Å². The molecule has 1 saturated heterocycles. The molecule has 3 aliphatic rings. The number of benzene rings is 2. The topological polar surface area (TPSA) is 61.4 Å². The molecule has 2 amide bonds. The number of hydrogen-bond acceptors (Lipinski definition) is 3. The summed E-state index contributed by atoms with van der Waals surface area (Å²) in [5.41, 5.74) is 4.42. The highest BCUT2D eigenvalue weighted by Crippen LogP contribution is 2.39. The number of amides is 2. The highest BCUT2D eigenvalue weighted by Gasteiger charge is 2.40. The van der Waals surface area contributed by atoms with Crippen LogP contribution in [0.4, 0.5) is 10.1 Å². The maximum Gasteiger partial charge on any atom is 0.257 e. The van der Waals surface area contributed by atoms with Crippen LogP contribution in [0.15, 0.2) is 78.5 Å². The molecule has 0 radical (unpaired) electrons. The second-order valence-electron chi connectivity index (χ2n) is 11.8. The molecule has 2 N–H and O–H groups in total. The Morgan fingerprint density at radius 1 is 0.951 bits per heavy atom. The van der Waals surface area contributed by atoms with Crippen molar-refractivity contribution < 1.29 is 14.0 Å². The molecule has 5 rings (SSSR count). The Morgan fingerprint density at radius 3 is 2.49 bits per heavy atom. The van der Waals surface area contributed by atoms with Gasteiger partial charge >= 0.3 is 0 Å². The normalized spacial score (nSPS) is 24.0. The molecule has 2 aromatic carbocycles. The number of rotatable bonds is 6. The summed E-state index contributed by atoms with van der Waals surface area (Å²) < 4.78 is 15.0. The number of piperidine rings is 1. The zero-order valence-corrected chi connectivity index (χ0v) is 24.1. The molecule has 216 valence electrons. The SMILES string of the molecule is C=C1/C=C\C(NC(=O)[C@H]2CCCN(C(=O)c3c(C)cccc3F)[C@H]2c2ccc(NC3CCCC3)cc2)=C/CCCC1. The first-order valence-electron chi connectivity index (χ1n) is 15.2. The largest absolute Gasteiger partial charge is 0.382 e. The third kappa shape index (κ3) is 6.98. The van der Waals surface area contributed by atoms with Gasteiger partial charge in [-0.15, -0.1) is 0 Å². The van der Waals surface area contributed by atoms with Crippen LogP contribution >= 0.6 is 0 Å². The molecule has 2 atom stereocenters. The average Bonchev–Trinajstić information content (AvgIpc) is 3.50. The van der Waals surface area contributed by atoms with Crippen LogP contribution in [0.5, 0.6) is 0 Å². The first-order chi connectivity index (χ1) is 19.9. The summed E-state index contributed by atoms with van der Waals surface area (Å²) in [5.74, 6) is -1.49. The zero-order chi connectivity index (χ0) is 28.8. The Labute approximate surface area is 243 Å². The summed E-state index contributed by atoms with van der Waals surface area (Å²) in [4.78, 5) is 29.6. The van der Waals surface area contributed by atoms with Crippen LogP contribution in [-0.4, -0.2) is 29.3 Å². The fourth-order valence-electron chi connectivity index (χ4n) is 6.48. The van der Waals surface area contributed by atoms with Crippen molar-refractivity contribution in [3.05, 3.63) is 101 Å². The van der Waals surface area contributed by atoms with Gasteiger partial charge in [0.25, 0.3) is 5.91 Å². The van der Waals surface area contributed by atoms with Gasteiger partial charge in [0.05, 0.1) is 17.5 Å². The Balaban J connectivity index is 1.45. The second kappa shape index (κ2) is 13.3. The first-order valence-corrected chi connectivity index (χ1v) is 15.2. The van der Waals surface area contributed by atoms with Crippen molar-refractivity contribution in [3.63, 3.8) is 0 Å². The molecule has 41 heavy (non-hydrogen) atoms. The number of carbonyl (C=O) groups is 2. The Bertz CT molecular complexity index is 1300. The predicted octanol–water partition coefficient (Wildman–Crippen LogP) is 7.77. The number of carbonyl (C=O) groups excluding carboxylic acids is 2. The fraction of sp³-hybridized carbons (Fsp3) is 0.429. The molecule has 1 saturated carbocycles. The van der Waals surface area contributed by atoms with E-state index < -0.39 is 17.8 Å². The van der Waals surface area contributed by atoms with Gasteiger partial charge in [0.2, 0.25) is 5.91 Å². The minimum absolute atomic E-state index is 0.0819. The van der Waals surface area contributed by atoms with Gasteiger partial charge in [0.15, 0.2) is 0 Å². The van der Waals surface area contributed by atoms with Crippen LogP contribution in [0.3, 0.4) is 0 Å². The standard InChI is InChI=1S/C35H42FN3O2/c1-24-10-4-3-5-12-28(20-17-24)38-34(40)30-15-9-23-39(35(41)32-25(2)11-8-16-31(32)36)33(30)26-18-21-29(22-19-26)37-27-13-6-7-14-27/h8,11-12,16-22,27,30,33,37H,1,3-7,9-10,13-15,23H2,2H3,(H,38,40)/b20-17-,28-12+/t30-,33-/m0/s1. The lowest BCUT2D eigenvalue weighted by atomic mass is 9.83. The van der Waals surface area contributed by atoms with Gasteiger partial charge in [0.1, 0.15) is 5.82 Å². The number of anilines is 1. The third-order valence-electron chi connectivity index (χ3n) is 8.73. The molecule has 0 bridgehead atoms. The number of aryl methyl sites for hydroxylation is 1. The molecule has 1 heterocycles. The van der Waals surface area contributed by atoms with E-state index in [0.29, 0.717) is 31.0 Å². The van der Waals surface area contributed by atoms with E-state index in [1.807, 2.05) is 36.4 Å². The lowest BCUT2D eigenvalue weighted by Gasteiger charge is -2.41. The Kier molecular flexibility index (Phi) is 9.38. The van der Waals surface area contributed by atoms with E-state index in [1.54, 1.807) is 24.0 Å². The summed E-state index contributed by atoms with van der Waals surface area (Å²) in [6.07, 6.45) is 16.1. The summed E-state index contributed by atoms with van der Waals surface area (Å²) in [7, 11) is 0. The van der Waals surface area contributed by atoms with E-state index in [2.05, 4.69) is 23.3 Å². The predicted molar refractivity (Wildman–Crippen MR) is 163 cm³/mol. The maximum absolute atomic E-state index is 15.0. The van der Waals surface area contributed by atoms with Crippen molar-refractivity contribution in [2.45, 2.75) is 83.2 Å². The van der Waals surface area contributed by atoms with Crippen molar-refractivity contribution in [2.75, 3.05) is 11.9 Å². The number of halogens is 1. The highest BCUT2D eigenvalue weighted by atomic mass is 19.1. The van der Waals surface area contributed by atoms with Gasteiger partial charge in [-0.05, 0) is 93.7 Å². The molecule has 5 nitrogen and oxygen atoms in total. The van der Waals surface area contributed by atoms with E-state index in [-0.39, 0.29) is 17.4 Å². The Morgan fingerprint density at radius 2 is 1.73 bits per heavy atom. The number of likely N-dealkylation sites (tertiary alicyclic amines) is 1. The third-order valence-corrected chi connectivity index (χ3v) is 8.73. The molecule has 0 unspecified atom stereocenters. The number of allylic oxidation sites excluding steroid dienone is 4. The molecule has 1 aliphatic heterocycles. The van der Waals surface area contributed by atoms with Gasteiger partial charge in [-0.1, -0.05) is 61.4 Å². The van der Waals surface area contributed by atoms with Crippen molar-refractivity contribution in [1.29, 1.82) is 0 Å². The summed E-state index contributed by atoms with van der Waals surface area (Å²) in [6, 6.07) is 12.8. The fourth-order valence-corrected chi connectivity index (χ4v) is 6.48. The van der Waals surface area contributed by atoms with Crippen LogP contribution in [0.2, 0.25) is 0 Å². The van der Waals surface area contributed by atoms with E-state index >= 15 is 0 Å². The van der Waals surface area contributed by atoms with Gasteiger partial charge in [-0.3, -0.25) is 9.59 Å². The lowest BCUT2D eigenvalue weighted by Crippen LogP contribution is -2.48. The quantitative estimate of drug-likeness (QED) is 0.383. The van der Waals surface area contributed by atoms with E-state index in [1.165, 1.54) is 31.7 Å². The lowest BCUT2D eigenvalue weighted by molar-refractivity contribution is -0.127. The summed E-state index contributed by atoms with van der Waals surface area (Å²) in [6.45, 7) is 6.34. The van der Waals surface area contributed by atoms with Gasteiger partial charge < -0.3 is 15.5 Å². The van der Waals surface area contributed by atoms with Gasteiger partial charge in [0, 0.05) is 24.0 Å². The van der Waals surface area contributed by atoms with E-state index in [4.69, 9.17) is 0 Å². The van der Waals surface area contributed by atoms with Crippen LogP contribution in [0, 0.1) is 18.7 Å². The first kappa shape index (κ1) is 28.8. The molecule has 0 spiro atoms. The average molecular weight is 556 g/mol. The number of nitrogens with zero attached hydrogens (tertiary/aromatic N) is 1. The van der Waals surface area contributed by atoms with Crippen molar-refractivity contribution >= 4 is 17.5 Å². The van der Waals surface area contributed by atoms with Crippen molar-refractivity contribution in [3.8, 4) is 0 Å². The van der Waals surface area contributed by atoms with E-state index in [0.717, 1.165) is 48.2 Å². The van der Waals surface area contributed by atoms with Crippen LogP contribution in [0.25, 0.3) is 0 Å². The molecule has 6 heteroatoms. The van der Waals surface area contributed by atoms with Crippen LogP contribution in [0.1, 0.15) is 91.7 Å². The molecule has 2 aromatic rings. The number of nitrogens with one attached hydrogen (secondary N) is 2. The summed E-state index contributed by atoms with van der Waals surface area (Å²) >= 11 is 0. The molecular weight excluding hydrogens is 513 g/mol. The Hall–Kier alpha value is -3.67. The zero-order valence-electron chi connectivity index (χ0n) is 24.1. The summed E-state index contributed by atoms with van der Waals surface area (Å²) in [5, 5.41) is 6.78. The second-order valence-corrected chi connectivity index (χ2v) is 11.8. The smallest absolute Gasteiger partial charge is 0.257 e. The molecule has 0 aromatic heterocycles. The van der Waals surface area contributed by atoms with E-state index in [9.17, 15) is 14.0 Å². The maximum atomic E-state index is 15.0. The molecule has 2 fully saturated rings. The minimum atomic E-state index is -0.530. The monoisotopic (exact) mass is 555 g/mol. The molecule has 2 aliphatic carbocycles. The number of hydrogen-bond donors (Lipinski definition) is 2. The van der Waals surface area contributed by atoms with Crippen LogP contribution < -0.4 is 10.6 Å². The van der Waals surface area contributed by atoms with Crippen LogP contribution in [-0.2, 0) is 4.79 Å². The highest BCUT2D eigenvalue weighted by molar-refractivity contribution is 5.97. The minimum Gasteiger partial charge on any atom is -0.382 e.